The van der Waals surface area contributed by atoms with E-state index >= 15 is 0 Å². The molecule has 0 aliphatic carbocycles. The molecule has 0 saturated heterocycles. The Hall–Kier alpha value is -3.46. The first-order valence-electron chi connectivity index (χ1n) is 9.47. The summed E-state index contributed by atoms with van der Waals surface area (Å²) in [5, 5.41) is 11.5. The van der Waals surface area contributed by atoms with Crippen LogP contribution in [-0.2, 0) is 9.53 Å². The van der Waals surface area contributed by atoms with Gasteiger partial charge < -0.3 is 24.3 Å². The first-order chi connectivity index (χ1) is 14.6. The van der Waals surface area contributed by atoms with Gasteiger partial charge in [-0.05, 0) is 49.6 Å². The fourth-order valence-corrected chi connectivity index (χ4v) is 2.91. The average Bonchev–Trinajstić information content (AvgIpc) is 2.74. The van der Waals surface area contributed by atoms with Gasteiger partial charge in [-0.25, -0.2) is 10.3 Å². The maximum absolute atomic E-state index is 12.1. The number of hydrogen-bond acceptors (Lipinski definition) is 7. The van der Waals surface area contributed by atoms with E-state index in [1.165, 1.54) is 21.3 Å². The predicted octanol–water partition coefficient (Wildman–Crippen LogP) is 3.45. The van der Waals surface area contributed by atoms with E-state index in [-0.39, 0.29) is 0 Å². The summed E-state index contributed by atoms with van der Waals surface area (Å²) in [5.41, 5.74) is 2.89. The number of hydrogen-bond donors (Lipinski definition) is 3. The molecular formula is C22H28N2O7. The minimum atomic E-state index is -1.14. The lowest BCUT2D eigenvalue weighted by Gasteiger charge is -2.23. The van der Waals surface area contributed by atoms with Crippen molar-refractivity contribution in [2.45, 2.75) is 32.4 Å². The van der Waals surface area contributed by atoms with Gasteiger partial charge in [-0.1, -0.05) is 24.3 Å². The van der Waals surface area contributed by atoms with E-state index in [0.29, 0.717) is 22.8 Å². The molecule has 3 N–H and O–H groups in total. The topological polar surface area (TPSA) is 115 Å². The zero-order chi connectivity index (χ0) is 23.2. The molecule has 168 valence electrons. The smallest absolute Gasteiger partial charge is 0.408 e. The Morgan fingerprint density at radius 3 is 1.87 bits per heavy atom. The van der Waals surface area contributed by atoms with Gasteiger partial charge in [0.2, 0.25) is 5.75 Å². The standard InChI is InChI=1S/C22H28N2O7/c1-22(2,3)31-21(26)23-18(20(25)24-27)14-9-7-13(8-10-14)15-11-16(28-4)19(30-6)17(12-15)29-5/h7-12,18,27H,1-6H3,(H,23,26)(H,24,25). The molecule has 0 saturated carbocycles. The highest BCUT2D eigenvalue weighted by Crippen LogP contribution is 2.41. The predicted molar refractivity (Wildman–Crippen MR) is 114 cm³/mol. The minimum Gasteiger partial charge on any atom is -0.493 e. The van der Waals surface area contributed by atoms with Gasteiger partial charge in [0.1, 0.15) is 11.6 Å². The SMILES string of the molecule is COc1cc(-c2ccc(C(NC(=O)OC(C)(C)C)C(=O)NO)cc2)cc(OC)c1OC. The van der Waals surface area contributed by atoms with Crippen molar-refractivity contribution in [1.82, 2.24) is 10.8 Å². The van der Waals surface area contributed by atoms with Crippen LogP contribution in [0, 0.1) is 0 Å². The molecule has 2 aromatic rings. The number of carbonyl (C=O) groups excluding carboxylic acids is 2. The molecule has 9 nitrogen and oxygen atoms in total. The Morgan fingerprint density at radius 1 is 0.903 bits per heavy atom. The fraction of sp³-hybridized carbons (Fsp3) is 0.364. The highest BCUT2D eigenvalue weighted by Gasteiger charge is 2.26. The van der Waals surface area contributed by atoms with Crippen LogP contribution in [0.15, 0.2) is 36.4 Å². The first-order valence-corrected chi connectivity index (χ1v) is 9.47. The molecule has 0 aliphatic heterocycles. The molecule has 2 aromatic carbocycles. The van der Waals surface area contributed by atoms with Gasteiger partial charge in [0.25, 0.3) is 5.91 Å². The molecule has 2 rings (SSSR count). The van der Waals surface area contributed by atoms with Crippen LogP contribution in [0.5, 0.6) is 17.2 Å². The van der Waals surface area contributed by atoms with Crippen LogP contribution < -0.4 is 25.0 Å². The largest absolute Gasteiger partial charge is 0.493 e. The van der Waals surface area contributed by atoms with Gasteiger partial charge in [-0.3, -0.25) is 10.0 Å². The van der Waals surface area contributed by atoms with E-state index in [0.717, 1.165) is 11.1 Å². The molecule has 0 radical (unpaired) electrons. The maximum Gasteiger partial charge on any atom is 0.408 e. The van der Waals surface area contributed by atoms with E-state index in [1.807, 2.05) is 0 Å². The highest BCUT2D eigenvalue weighted by molar-refractivity contribution is 5.86. The van der Waals surface area contributed by atoms with Crippen molar-refractivity contribution in [3.8, 4) is 28.4 Å². The molecule has 0 bridgehead atoms. The van der Waals surface area contributed by atoms with Gasteiger partial charge in [-0.15, -0.1) is 0 Å². The molecule has 2 amide bonds. The Bertz CT molecular complexity index is 895. The van der Waals surface area contributed by atoms with Crippen LogP contribution in [0.25, 0.3) is 11.1 Å². The van der Waals surface area contributed by atoms with Gasteiger partial charge in [-0.2, -0.15) is 0 Å². The Labute approximate surface area is 181 Å². The van der Waals surface area contributed by atoms with Crippen LogP contribution >= 0.6 is 0 Å². The van der Waals surface area contributed by atoms with Crippen LogP contribution in [0.2, 0.25) is 0 Å². The molecule has 1 unspecified atom stereocenters. The van der Waals surface area contributed by atoms with E-state index in [2.05, 4.69) is 5.32 Å². The van der Waals surface area contributed by atoms with E-state index in [4.69, 9.17) is 24.2 Å². The van der Waals surface area contributed by atoms with Gasteiger partial charge in [0.05, 0.1) is 21.3 Å². The van der Waals surface area contributed by atoms with Crippen LogP contribution in [-0.4, -0.2) is 44.1 Å². The summed E-state index contributed by atoms with van der Waals surface area (Å²) in [4.78, 5) is 24.2. The number of alkyl carbamates (subject to hydrolysis) is 1. The lowest BCUT2D eigenvalue weighted by atomic mass is 9.99. The summed E-state index contributed by atoms with van der Waals surface area (Å²) in [5.74, 6) is 0.688. The summed E-state index contributed by atoms with van der Waals surface area (Å²) in [6.07, 6.45) is -0.783. The maximum atomic E-state index is 12.1. The Morgan fingerprint density at radius 2 is 1.45 bits per heavy atom. The zero-order valence-corrected chi connectivity index (χ0v) is 18.4. The molecule has 31 heavy (non-hydrogen) atoms. The quantitative estimate of drug-likeness (QED) is 0.453. The van der Waals surface area contributed by atoms with Crippen molar-refractivity contribution in [2.75, 3.05) is 21.3 Å². The highest BCUT2D eigenvalue weighted by atomic mass is 16.6. The zero-order valence-electron chi connectivity index (χ0n) is 18.4. The van der Waals surface area contributed by atoms with Crippen LogP contribution in [0.3, 0.4) is 0 Å². The number of ether oxygens (including phenoxy) is 4. The number of methoxy groups -OCH3 is 3. The van der Waals surface area contributed by atoms with E-state index in [1.54, 1.807) is 62.6 Å². The third kappa shape index (κ3) is 6.02. The first kappa shape index (κ1) is 23.8. The van der Waals surface area contributed by atoms with Crippen LogP contribution in [0.1, 0.15) is 32.4 Å². The summed E-state index contributed by atoms with van der Waals surface area (Å²) in [7, 11) is 4.59. The molecule has 0 aliphatic rings. The summed E-state index contributed by atoms with van der Waals surface area (Å²) in [6, 6.07) is 9.31. The fourth-order valence-electron chi connectivity index (χ4n) is 2.91. The average molecular weight is 432 g/mol. The number of nitrogens with one attached hydrogen (secondary N) is 2. The second-order valence-corrected chi connectivity index (χ2v) is 7.59. The van der Waals surface area contributed by atoms with Crippen molar-refractivity contribution < 1.29 is 33.7 Å². The molecule has 0 fully saturated rings. The van der Waals surface area contributed by atoms with Gasteiger partial charge >= 0.3 is 6.09 Å². The third-order valence-electron chi connectivity index (χ3n) is 4.28. The summed E-state index contributed by atoms with van der Waals surface area (Å²) < 4.78 is 21.3. The number of hydroxylamine groups is 1. The van der Waals surface area contributed by atoms with E-state index in [9.17, 15) is 9.59 Å². The second kappa shape index (κ2) is 10.0. The lowest BCUT2D eigenvalue weighted by molar-refractivity contribution is -0.131. The molecule has 9 heteroatoms. The van der Waals surface area contributed by atoms with E-state index < -0.39 is 23.6 Å². The molecule has 0 spiro atoms. The van der Waals surface area contributed by atoms with Crippen molar-refractivity contribution in [2.24, 2.45) is 0 Å². The van der Waals surface area contributed by atoms with Gasteiger partial charge in [0, 0.05) is 0 Å². The van der Waals surface area contributed by atoms with Crippen molar-refractivity contribution in [3.05, 3.63) is 42.0 Å². The number of amides is 2. The summed E-state index contributed by atoms with van der Waals surface area (Å²) >= 11 is 0. The lowest BCUT2D eigenvalue weighted by Crippen LogP contribution is -2.41. The number of benzene rings is 2. The van der Waals surface area contributed by atoms with Gasteiger partial charge in [0.15, 0.2) is 11.5 Å². The summed E-state index contributed by atoms with van der Waals surface area (Å²) in [6.45, 7) is 5.12. The van der Waals surface area contributed by atoms with Crippen molar-refractivity contribution in [3.63, 3.8) is 0 Å². The van der Waals surface area contributed by atoms with Crippen molar-refractivity contribution >= 4 is 12.0 Å². The van der Waals surface area contributed by atoms with Crippen molar-refractivity contribution in [1.29, 1.82) is 0 Å². The third-order valence-corrected chi connectivity index (χ3v) is 4.28. The molecule has 0 heterocycles. The number of rotatable bonds is 7. The second-order valence-electron chi connectivity index (χ2n) is 7.59. The number of carbonyl (C=O) groups is 2. The molecule has 1 atom stereocenters. The Balaban J connectivity index is 2.35. The minimum absolute atomic E-state index is 0.452. The van der Waals surface area contributed by atoms with Crippen LogP contribution in [0.4, 0.5) is 4.79 Å². The molecular weight excluding hydrogens is 404 g/mol. The Kier molecular flexibility index (Phi) is 7.71. The molecule has 0 aromatic heterocycles. The normalized spacial score (nSPS) is 11.8. The monoisotopic (exact) mass is 432 g/mol.